The second-order valence-electron chi connectivity index (χ2n) is 4.12. The van der Waals surface area contributed by atoms with Crippen molar-refractivity contribution in [1.29, 1.82) is 0 Å². The number of methoxy groups -OCH3 is 1. The first-order chi connectivity index (χ1) is 9.58. The van der Waals surface area contributed by atoms with E-state index in [1.807, 2.05) is 19.1 Å². The van der Waals surface area contributed by atoms with Crippen LogP contribution in [0.4, 0.5) is 0 Å². The molecular formula is C14H14N2O3S. The molecule has 0 saturated carbocycles. The van der Waals surface area contributed by atoms with Crippen LogP contribution in [-0.4, -0.2) is 28.2 Å². The van der Waals surface area contributed by atoms with E-state index in [2.05, 4.69) is 9.97 Å². The molecule has 6 heteroatoms. The van der Waals surface area contributed by atoms with Gasteiger partial charge in [0, 0.05) is 29.8 Å². The number of carboxylic acids is 1. The molecule has 2 aromatic rings. The molecule has 0 unspecified atom stereocenters. The summed E-state index contributed by atoms with van der Waals surface area (Å²) in [5.41, 5.74) is 1.99. The number of hydrogen-bond acceptors (Lipinski definition) is 5. The summed E-state index contributed by atoms with van der Waals surface area (Å²) in [4.78, 5) is 19.4. The number of aromatic nitrogens is 2. The van der Waals surface area contributed by atoms with Crippen molar-refractivity contribution in [3.63, 3.8) is 0 Å². The Labute approximate surface area is 121 Å². The highest BCUT2D eigenvalue weighted by Crippen LogP contribution is 2.23. The quantitative estimate of drug-likeness (QED) is 0.854. The monoisotopic (exact) mass is 290 g/mol. The van der Waals surface area contributed by atoms with Crippen LogP contribution in [0.15, 0.2) is 35.5 Å². The Hall–Kier alpha value is -2.08. The van der Waals surface area contributed by atoms with Gasteiger partial charge >= 0.3 is 5.97 Å². The highest BCUT2D eigenvalue weighted by atomic mass is 32.2. The van der Waals surface area contributed by atoms with Crippen molar-refractivity contribution in [2.24, 2.45) is 0 Å². The van der Waals surface area contributed by atoms with Crippen molar-refractivity contribution in [2.45, 2.75) is 17.7 Å². The van der Waals surface area contributed by atoms with Crippen molar-refractivity contribution in [1.82, 2.24) is 9.97 Å². The number of carboxylic acid groups (broad SMARTS) is 1. The summed E-state index contributed by atoms with van der Waals surface area (Å²) < 4.78 is 5.20. The van der Waals surface area contributed by atoms with Crippen molar-refractivity contribution >= 4 is 17.7 Å². The molecule has 0 fully saturated rings. The summed E-state index contributed by atoms with van der Waals surface area (Å²) in [6.45, 7) is 1.90. The zero-order valence-electron chi connectivity index (χ0n) is 11.2. The Kier molecular flexibility index (Phi) is 4.57. The van der Waals surface area contributed by atoms with Gasteiger partial charge in [0.25, 0.3) is 0 Å². The van der Waals surface area contributed by atoms with Crippen LogP contribution in [-0.2, 0) is 5.75 Å². The Morgan fingerprint density at radius 2 is 2.20 bits per heavy atom. The number of pyridine rings is 2. The number of nitrogens with zero attached hydrogens (tertiary/aromatic N) is 2. The minimum atomic E-state index is -0.954. The van der Waals surface area contributed by atoms with Gasteiger partial charge in [-0.05, 0) is 19.1 Å². The third-order valence-electron chi connectivity index (χ3n) is 2.57. The Balaban J connectivity index is 2.10. The fourth-order valence-electron chi connectivity index (χ4n) is 1.66. The summed E-state index contributed by atoms with van der Waals surface area (Å²) in [5, 5.41) is 9.59. The highest BCUT2D eigenvalue weighted by molar-refractivity contribution is 7.98. The Bertz CT molecular complexity index is 632. The van der Waals surface area contributed by atoms with E-state index >= 15 is 0 Å². The number of hydrogen-bond donors (Lipinski definition) is 1. The summed E-state index contributed by atoms with van der Waals surface area (Å²) in [6, 6.07) is 6.75. The average Bonchev–Trinajstić information content (AvgIpc) is 2.44. The topological polar surface area (TPSA) is 72.3 Å². The summed E-state index contributed by atoms with van der Waals surface area (Å²) >= 11 is 1.44. The van der Waals surface area contributed by atoms with Crippen molar-refractivity contribution in [3.8, 4) is 5.75 Å². The predicted octanol–water partition coefficient (Wildman–Crippen LogP) is 2.78. The molecule has 0 spiro atoms. The lowest BCUT2D eigenvalue weighted by atomic mass is 10.3. The SMILES string of the molecule is COc1cc(C)nc(CSc2cc(C(=O)O)ccn2)c1. The molecule has 20 heavy (non-hydrogen) atoms. The highest BCUT2D eigenvalue weighted by Gasteiger charge is 2.06. The molecule has 5 nitrogen and oxygen atoms in total. The van der Waals surface area contributed by atoms with Crippen LogP contribution in [0.25, 0.3) is 0 Å². The van der Waals surface area contributed by atoms with Crippen molar-refractivity contribution < 1.29 is 14.6 Å². The minimum absolute atomic E-state index is 0.234. The van der Waals surface area contributed by atoms with Crippen LogP contribution >= 0.6 is 11.8 Å². The zero-order valence-corrected chi connectivity index (χ0v) is 12.0. The molecule has 2 aromatic heterocycles. The number of aryl methyl sites for hydroxylation is 1. The summed E-state index contributed by atoms with van der Waals surface area (Å²) in [6.07, 6.45) is 1.50. The molecule has 0 aliphatic heterocycles. The first-order valence-electron chi connectivity index (χ1n) is 5.92. The molecule has 0 aromatic carbocycles. The van der Waals surface area contributed by atoms with E-state index in [-0.39, 0.29) is 5.56 Å². The van der Waals surface area contributed by atoms with E-state index in [1.54, 1.807) is 13.2 Å². The summed E-state index contributed by atoms with van der Waals surface area (Å²) in [5.74, 6) is 0.415. The molecule has 0 atom stereocenters. The van der Waals surface area contributed by atoms with Gasteiger partial charge in [0.05, 0.1) is 23.4 Å². The molecule has 0 aliphatic carbocycles. The van der Waals surface area contributed by atoms with Crippen molar-refractivity contribution in [2.75, 3.05) is 7.11 Å². The Morgan fingerprint density at radius 3 is 2.90 bits per heavy atom. The maximum Gasteiger partial charge on any atom is 0.335 e. The minimum Gasteiger partial charge on any atom is -0.497 e. The number of carbonyl (C=O) groups is 1. The average molecular weight is 290 g/mol. The normalized spacial score (nSPS) is 10.3. The van der Waals surface area contributed by atoms with Gasteiger partial charge in [0.2, 0.25) is 0 Å². The van der Waals surface area contributed by atoms with Crippen LogP contribution in [0.5, 0.6) is 5.75 Å². The molecule has 1 N–H and O–H groups in total. The first-order valence-corrected chi connectivity index (χ1v) is 6.91. The molecule has 0 bridgehead atoms. The van der Waals surface area contributed by atoms with E-state index in [0.717, 1.165) is 17.1 Å². The Morgan fingerprint density at radius 1 is 1.40 bits per heavy atom. The van der Waals surface area contributed by atoms with Crippen LogP contribution in [0, 0.1) is 6.92 Å². The van der Waals surface area contributed by atoms with E-state index in [9.17, 15) is 4.79 Å². The van der Waals surface area contributed by atoms with Crippen LogP contribution in [0.3, 0.4) is 0 Å². The van der Waals surface area contributed by atoms with Gasteiger partial charge in [-0.25, -0.2) is 9.78 Å². The third-order valence-corrected chi connectivity index (χ3v) is 3.52. The smallest absolute Gasteiger partial charge is 0.335 e. The van der Waals surface area contributed by atoms with E-state index < -0.39 is 5.97 Å². The fraction of sp³-hybridized carbons (Fsp3) is 0.214. The van der Waals surface area contributed by atoms with E-state index in [0.29, 0.717) is 10.8 Å². The van der Waals surface area contributed by atoms with Gasteiger partial charge in [-0.3, -0.25) is 4.98 Å². The molecule has 104 valence electrons. The summed E-state index contributed by atoms with van der Waals surface area (Å²) in [7, 11) is 1.61. The molecule has 0 amide bonds. The second kappa shape index (κ2) is 6.38. The van der Waals surface area contributed by atoms with Gasteiger partial charge in [0.1, 0.15) is 5.75 Å². The van der Waals surface area contributed by atoms with Gasteiger partial charge in [-0.1, -0.05) is 0 Å². The molecule has 0 aliphatic rings. The number of rotatable bonds is 5. The van der Waals surface area contributed by atoms with Crippen LogP contribution in [0.2, 0.25) is 0 Å². The number of ether oxygens (including phenoxy) is 1. The van der Waals surface area contributed by atoms with Gasteiger partial charge < -0.3 is 9.84 Å². The lowest BCUT2D eigenvalue weighted by molar-refractivity contribution is 0.0696. The second-order valence-corrected chi connectivity index (χ2v) is 5.11. The molecule has 2 rings (SSSR count). The lowest BCUT2D eigenvalue weighted by Gasteiger charge is -2.06. The van der Waals surface area contributed by atoms with E-state index in [4.69, 9.17) is 9.84 Å². The standard InChI is InChI=1S/C14H14N2O3S/c1-9-5-12(19-2)7-11(16-9)8-20-13-6-10(14(17)18)3-4-15-13/h3-7H,8H2,1-2H3,(H,17,18). The van der Waals surface area contributed by atoms with Crippen LogP contribution < -0.4 is 4.74 Å². The van der Waals surface area contributed by atoms with Crippen molar-refractivity contribution in [3.05, 3.63) is 47.4 Å². The van der Waals surface area contributed by atoms with Gasteiger partial charge in [-0.15, -0.1) is 11.8 Å². The van der Waals surface area contributed by atoms with Crippen LogP contribution in [0.1, 0.15) is 21.7 Å². The molecular weight excluding hydrogens is 276 g/mol. The predicted molar refractivity (Wildman–Crippen MR) is 76.3 cm³/mol. The van der Waals surface area contributed by atoms with Gasteiger partial charge in [-0.2, -0.15) is 0 Å². The fourth-order valence-corrected chi connectivity index (χ4v) is 2.45. The maximum atomic E-state index is 10.9. The zero-order chi connectivity index (χ0) is 14.5. The number of aromatic carboxylic acids is 1. The molecule has 0 radical (unpaired) electrons. The third kappa shape index (κ3) is 3.71. The maximum absolute atomic E-state index is 10.9. The molecule has 2 heterocycles. The van der Waals surface area contributed by atoms with E-state index in [1.165, 1.54) is 24.0 Å². The first kappa shape index (κ1) is 14.3. The molecule has 0 saturated heterocycles. The largest absolute Gasteiger partial charge is 0.497 e. The number of thioether (sulfide) groups is 1. The lowest BCUT2D eigenvalue weighted by Crippen LogP contribution is -1.97. The van der Waals surface area contributed by atoms with Gasteiger partial charge in [0.15, 0.2) is 0 Å².